The van der Waals surface area contributed by atoms with E-state index in [-0.39, 0.29) is 0 Å². The Morgan fingerprint density at radius 2 is 1.65 bits per heavy atom. The van der Waals surface area contributed by atoms with E-state index >= 15 is 0 Å². The Hall–Kier alpha value is -0.830. The van der Waals surface area contributed by atoms with Crippen LogP contribution in [-0.4, -0.2) is 42.5 Å². The van der Waals surface area contributed by atoms with Crippen molar-refractivity contribution in [2.75, 3.05) is 32.7 Å². The van der Waals surface area contributed by atoms with Crippen LogP contribution in [-0.2, 0) is 6.54 Å². The van der Waals surface area contributed by atoms with Gasteiger partial charge in [-0.15, -0.1) is 0 Å². The van der Waals surface area contributed by atoms with Gasteiger partial charge in [-0.25, -0.2) is 0 Å². The molecule has 1 aliphatic rings. The van der Waals surface area contributed by atoms with Crippen LogP contribution in [0.2, 0.25) is 0 Å². The summed E-state index contributed by atoms with van der Waals surface area (Å²) in [6, 6.07) is 10.6. The van der Waals surface area contributed by atoms with Gasteiger partial charge in [-0.05, 0) is 5.56 Å². The summed E-state index contributed by atoms with van der Waals surface area (Å²) in [6.45, 7) is 10.0. The van der Waals surface area contributed by atoms with E-state index in [2.05, 4.69) is 46.7 Å². The van der Waals surface area contributed by atoms with Gasteiger partial charge in [0.15, 0.2) is 0 Å². The van der Waals surface area contributed by atoms with Crippen LogP contribution < -0.4 is 0 Å². The lowest BCUT2D eigenvalue weighted by molar-refractivity contribution is 0.136. The number of hydrogen-bond donors (Lipinski definition) is 0. The molecule has 0 unspecified atom stereocenters. The number of nitrogens with zero attached hydrogens (tertiary/aromatic N) is 2. The van der Waals surface area contributed by atoms with Gasteiger partial charge in [-0.3, -0.25) is 9.80 Å². The van der Waals surface area contributed by atoms with Crippen molar-refractivity contribution in [3.05, 3.63) is 47.5 Å². The Morgan fingerprint density at radius 1 is 1.06 bits per heavy atom. The van der Waals surface area contributed by atoms with Crippen LogP contribution in [0.15, 0.2) is 41.9 Å². The molecular weight excluding hydrogens is 232 g/mol. The van der Waals surface area contributed by atoms with Crippen LogP contribution in [0.1, 0.15) is 5.56 Å². The molecule has 1 aromatic rings. The molecule has 1 aliphatic heterocycles. The molecule has 2 nitrogen and oxygen atoms in total. The molecule has 1 aromatic carbocycles. The summed E-state index contributed by atoms with van der Waals surface area (Å²) in [4.78, 5) is 4.85. The first-order chi connectivity index (χ1) is 8.24. The molecule has 1 fully saturated rings. The number of halogens is 1. The first kappa shape index (κ1) is 12.6. The Balaban J connectivity index is 1.78. The summed E-state index contributed by atoms with van der Waals surface area (Å²) in [5.41, 5.74) is 1.39. The molecule has 0 saturated carbocycles. The molecule has 92 valence electrons. The monoisotopic (exact) mass is 250 g/mol. The molecule has 17 heavy (non-hydrogen) atoms. The second kappa shape index (κ2) is 6.20. The largest absolute Gasteiger partial charge is 0.297 e. The standard InChI is InChI=1S/C14H19ClN2/c1-13(15)11-16-7-9-17(10-8-16)12-14-5-3-2-4-6-14/h2-6H,1,7-12H2. The van der Waals surface area contributed by atoms with Crippen LogP contribution >= 0.6 is 11.6 Å². The van der Waals surface area contributed by atoms with Crippen LogP contribution in [0.4, 0.5) is 0 Å². The van der Waals surface area contributed by atoms with Gasteiger partial charge in [0, 0.05) is 44.3 Å². The lowest BCUT2D eigenvalue weighted by atomic mass is 10.2. The van der Waals surface area contributed by atoms with Gasteiger partial charge < -0.3 is 0 Å². The first-order valence-electron chi connectivity index (χ1n) is 6.06. The van der Waals surface area contributed by atoms with Gasteiger partial charge in [-0.2, -0.15) is 0 Å². The molecular formula is C14H19ClN2. The zero-order valence-corrected chi connectivity index (χ0v) is 10.9. The molecule has 2 rings (SSSR count). The Labute approximate surface area is 108 Å². The molecule has 0 spiro atoms. The number of benzene rings is 1. The van der Waals surface area contributed by atoms with Crippen LogP contribution in [0.3, 0.4) is 0 Å². The predicted molar refractivity (Wildman–Crippen MR) is 73.2 cm³/mol. The van der Waals surface area contributed by atoms with Gasteiger partial charge in [0.05, 0.1) is 0 Å². The van der Waals surface area contributed by atoms with Gasteiger partial charge in [0.25, 0.3) is 0 Å². The Bertz CT molecular complexity index is 356. The van der Waals surface area contributed by atoms with Crippen molar-refractivity contribution in [3.8, 4) is 0 Å². The summed E-state index contributed by atoms with van der Waals surface area (Å²) in [5.74, 6) is 0. The summed E-state index contributed by atoms with van der Waals surface area (Å²) in [5, 5.41) is 0.738. The van der Waals surface area contributed by atoms with Crippen LogP contribution in [0, 0.1) is 0 Å². The molecule has 1 heterocycles. The topological polar surface area (TPSA) is 6.48 Å². The predicted octanol–water partition coefficient (Wildman–Crippen LogP) is 2.56. The minimum absolute atomic E-state index is 0.738. The Morgan fingerprint density at radius 3 is 2.24 bits per heavy atom. The molecule has 0 N–H and O–H groups in total. The second-order valence-electron chi connectivity index (χ2n) is 4.56. The van der Waals surface area contributed by atoms with E-state index in [1.54, 1.807) is 0 Å². The van der Waals surface area contributed by atoms with Gasteiger partial charge in [-0.1, -0.05) is 48.5 Å². The van der Waals surface area contributed by atoms with E-state index in [1.165, 1.54) is 5.56 Å². The summed E-state index contributed by atoms with van der Waals surface area (Å²) >= 11 is 5.83. The summed E-state index contributed by atoms with van der Waals surface area (Å²) < 4.78 is 0. The van der Waals surface area contributed by atoms with Crippen LogP contribution in [0.5, 0.6) is 0 Å². The van der Waals surface area contributed by atoms with Crippen molar-refractivity contribution in [2.45, 2.75) is 6.54 Å². The maximum absolute atomic E-state index is 5.83. The van der Waals surface area contributed by atoms with Gasteiger partial charge in [0.2, 0.25) is 0 Å². The van der Waals surface area contributed by atoms with Gasteiger partial charge in [0.1, 0.15) is 0 Å². The number of piperazine rings is 1. The zero-order valence-electron chi connectivity index (χ0n) is 10.1. The van der Waals surface area contributed by atoms with E-state index < -0.39 is 0 Å². The van der Waals surface area contributed by atoms with Crippen molar-refractivity contribution in [1.82, 2.24) is 9.80 Å². The molecule has 0 amide bonds. The second-order valence-corrected chi connectivity index (χ2v) is 5.09. The lowest BCUT2D eigenvalue weighted by Crippen LogP contribution is -2.46. The summed E-state index contributed by atoms with van der Waals surface area (Å²) in [6.07, 6.45) is 0. The van der Waals surface area contributed by atoms with E-state index in [1.807, 2.05) is 0 Å². The normalized spacial score (nSPS) is 18.2. The van der Waals surface area contributed by atoms with E-state index in [9.17, 15) is 0 Å². The number of rotatable bonds is 4. The van der Waals surface area contributed by atoms with E-state index in [4.69, 9.17) is 11.6 Å². The minimum atomic E-state index is 0.738. The lowest BCUT2D eigenvalue weighted by Gasteiger charge is -2.34. The van der Waals surface area contributed by atoms with Crippen molar-refractivity contribution < 1.29 is 0 Å². The average Bonchev–Trinajstić information content (AvgIpc) is 2.32. The maximum atomic E-state index is 5.83. The van der Waals surface area contributed by atoms with Crippen molar-refractivity contribution in [2.24, 2.45) is 0 Å². The summed E-state index contributed by atoms with van der Waals surface area (Å²) in [7, 11) is 0. The van der Waals surface area contributed by atoms with Crippen molar-refractivity contribution in [3.63, 3.8) is 0 Å². The third-order valence-electron chi connectivity index (χ3n) is 3.11. The fraction of sp³-hybridized carbons (Fsp3) is 0.429. The minimum Gasteiger partial charge on any atom is -0.297 e. The molecule has 0 aliphatic carbocycles. The highest BCUT2D eigenvalue weighted by Crippen LogP contribution is 2.10. The van der Waals surface area contributed by atoms with Crippen molar-refractivity contribution >= 4 is 11.6 Å². The zero-order chi connectivity index (χ0) is 12.1. The van der Waals surface area contributed by atoms with E-state index in [0.717, 1.165) is 44.3 Å². The molecule has 1 saturated heterocycles. The third kappa shape index (κ3) is 4.15. The number of hydrogen-bond acceptors (Lipinski definition) is 2. The molecule has 0 atom stereocenters. The molecule has 0 radical (unpaired) electrons. The SMILES string of the molecule is C=C(Cl)CN1CCN(Cc2ccccc2)CC1. The maximum Gasteiger partial charge on any atom is 0.0336 e. The van der Waals surface area contributed by atoms with E-state index in [0.29, 0.717) is 0 Å². The quantitative estimate of drug-likeness (QED) is 0.811. The smallest absolute Gasteiger partial charge is 0.0336 e. The fourth-order valence-electron chi connectivity index (χ4n) is 2.19. The van der Waals surface area contributed by atoms with Gasteiger partial charge >= 0.3 is 0 Å². The van der Waals surface area contributed by atoms with Crippen LogP contribution in [0.25, 0.3) is 0 Å². The van der Waals surface area contributed by atoms with Crippen molar-refractivity contribution in [1.29, 1.82) is 0 Å². The molecule has 3 heteroatoms. The first-order valence-corrected chi connectivity index (χ1v) is 6.44. The highest BCUT2D eigenvalue weighted by atomic mass is 35.5. The molecule has 0 bridgehead atoms. The average molecular weight is 251 g/mol. The highest BCUT2D eigenvalue weighted by molar-refractivity contribution is 6.29. The third-order valence-corrected chi connectivity index (χ3v) is 3.23. The molecule has 0 aromatic heterocycles. The highest BCUT2D eigenvalue weighted by Gasteiger charge is 2.16. The fourth-order valence-corrected chi connectivity index (χ4v) is 2.36. The Kier molecular flexibility index (Phi) is 4.60.